The van der Waals surface area contributed by atoms with Crippen molar-refractivity contribution in [3.05, 3.63) is 58.4 Å². The Hall–Kier alpha value is -4.24. The number of methoxy groups -OCH3 is 1. The van der Waals surface area contributed by atoms with Crippen molar-refractivity contribution in [1.82, 2.24) is 20.2 Å². The molecule has 1 spiro atoms. The summed E-state index contributed by atoms with van der Waals surface area (Å²) in [5, 5.41) is 20.6. The van der Waals surface area contributed by atoms with E-state index in [1.165, 1.54) is 13.2 Å². The van der Waals surface area contributed by atoms with Gasteiger partial charge in [-0.25, -0.2) is 9.37 Å². The van der Waals surface area contributed by atoms with Crippen LogP contribution in [0.25, 0.3) is 0 Å². The summed E-state index contributed by atoms with van der Waals surface area (Å²) in [6.45, 7) is 1.81. The quantitative estimate of drug-likeness (QED) is 0.317. The summed E-state index contributed by atoms with van der Waals surface area (Å²) in [7, 11) is 1.38. The van der Waals surface area contributed by atoms with Crippen LogP contribution in [0, 0.1) is 34.4 Å². The smallest absolute Gasteiger partial charge is 0.270 e. The molecule has 0 bridgehead atoms. The Kier molecular flexibility index (Phi) is 7.82. The molecule has 1 aliphatic carbocycles. The van der Waals surface area contributed by atoms with E-state index in [9.17, 15) is 14.0 Å². The monoisotopic (exact) mass is 580 g/mol. The van der Waals surface area contributed by atoms with Crippen LogP contribution in [0.15, 0.2) is 36.3 Å². The van der Waals surface area contributed by atoms with Crippen LogP contribution in [0.5, 0.6) is 5.88 Å². The Morgan fingerprint density at radius 1 is 1.34 bits per heavy atom. The molecule has 3 aliphatic rings. The topological polar surface area (TPSA) is 161 Å². The van der Waals surface area contributed by atoms with Gasteiger partial charge in [0.1, 0.15) is 0 Å². The fourth-order valence-electron chi connectivity index (χ4n) is 5.39. The molecule has 2 aromatic rings. The van der Waals surface area contributed by atoms with E-state index in [2.05, 4.69) is 21.4 Å². The number of nitrogens with one attached hydrogen (secondary N) is 2. The first-order valence-electron chi connectivity index (χ1n) is 13.3. The fourth-order valence-corrected chi connectivity index (χ4v) is 5.61. The molecule has 0 unspecified atom stereocenters. The van der Waals surface area contributed by atoms with E-state index >= 15 is 0 Å². The van der Waals surface area contributed by atoms with Crippen molar-refractivity contribution in [1.29, 1.82) is 10.7 Å². The lowest BCUT2D eigenvalue weighted by Crippen LogP contribution is -2.51. The van der Waals surface area contributed by atoms with Crippen LogP contribution in [0.1, 0.15) is 36.9 Å². The second-order valence-electron chi connectivity index (χ2n) is 10.7. The van der Waals surface area contributed by atoms with Crippen molar-refractivity contribution in [3.63, 3.8) is 0 Å². The highest BCUT2D eigenvalue weighted by molar-refractivity contribution is 6.31. The number of carbonyl (C=O) groups is 2. The van der Waals surface area contributed by atoms with Gasteiger partial charge in [0.05, 0.1) is 65.8 Å². The molecule has 5 rings (SSSR count). The number of likely N-dealkylation sites (tertiary alicyclic amines) is 1. The number of halogens is 2. The summed E-state index contributed by atoms with van der Waals surface area (Å²) in [6.07, 6.45) is 6.24. The van der Waals surface area contributed by atoms with Gasteiger partial charge in [0.15, 0.2) is 5.82 Å². The Balaban J connectivity index is 1.17. The van der Waals surface area contributed by atoms with Gasteiger partial charge in [-0.15, -0.1) is 0 Å². The van der Waals surface area contributed by atoms with Gasteiger partial charge in [0.2, 0.25) is 11.8 Å². The van der Waals surface area contributed by atoms with Crippen LogP contribution >= 0.6 is 11.6 Å². The highest BCUT2D eigenvalue weighted by Crippen LogP contribution is 2.50. The summed E-state index contributed by atoms with van der Waals surface area (Å²) in [4.78, 5) is 38.2. The molecule has 1 atom stereocenters. The molecule has 11 nitrogen and oxygen atoms in total. The van der Waals surface area contributed by atoms with E-state index in [1.54, 1.807) is 17.2 Å². The molecule has 0 radical (unpaired) electrons. The first-order valence-corrected chi connectivity index (χ1v) is 13.7. The van der Waals surface area contributed by atoms with Crippen molar-refractivity contribution in [2.75, 3.05) is 31.6 Å². The molecular formula is C28H30ClFN8O3. The van der Waals surface area contributed by atoms with Crippen molar-refractivity contribution in [2.24, 2.45) is 17.6 Å². The number of piperidine rings is 1. The third-order valence-corrected chi connectivity index (χ3v) is 8.31. The second kappa shape index (κ2) is 11.3. The van der Waals surface area contributed by atoms with Crippen molar-refractivity contribution < 1.29 is 18.7 Å². The lowest BCUT2D eigenvalue weighted by Gasteiger charge is -2.39. The number of allylic oxidation sites excluding steroid dienone is 1. The van der Waals surface area contributed by atoms with Crippen LogP contribution in [-0.4, -0.2) is 64.7 Å². The van der Waals surface area contributed by atoms with E-state index in [0.717, 1.165) is 30.8 Å². The van der Waals surface area contributed by atoms with Crippen molar-refractivity contribution in [2.45, 2.75) is 37.8 Å². The Bertz CT molecular complexity index is 1460. The molecule has 1 saturated carbocycles. The second-order valence-corrected chi connectivity index (χ2v) is 11.1. The maximum absolute atomic E-state index is 14.2. The third kappa shape index (κ3) is 5.81. The molecule has 2 aliphatic heterocycles. The number of rotatable bonds is 8. The average Bonchev–Trinajstić information content (AvgIpc) is 3.70. The molecule has 3 fully saturated rings. The van der Waals surface area contributed by atoms with E-state index in [1.807, 2.05) is 4.90 Å². The molecular weight excluding hydrogens is 551 g/mol. The number of hydrogen-bond donors (Lipinski definition) is 3. The zero-order valence-electron chi connectivity index (χ0n) is 22.5. The van der Waals surface area contributed by atoms with E-state index in [4.69, 9.17) is 32.7 Å². The number of aromatic nitrogens is 2. The summed E-state index contributed by atoms with van der Waals surface area (Å²) in [6, 6.07) is 5.30. The number of anilines is 1. The third-order valence-electron chi connectivity index (χ3n) is 7.98. The van der Waals surface area contributed by atoms with Gasteiger partial charge in [-0.3, -0.25) is 14.6 Å². The summed E-state index contributed by atoms with van der Waals surface area (Å²) < 4.78 is 19.2. The lowest BCUT2D eigenvalue weighted by molar-refractivity contribution is -0.137. The molecule has 2 aromatic heterocycles. The van der Waals surface area contributed by atoms with Gasteiger partial charge in [0.25, 0.3) is 5.91 Å². The maximum Gasteiger partial charge on any atom is 0.270 e. The molecule has 0 aromatic carbocycles. The Morgan fingerprint density at radius 3 is 2.76 bits per heavy atom. The predicted octanol–water partition coefficient (Wildman–Crippen LogP) is 2.54. The van der Waals surface area contributed by atoms with E-state index in [0.29, 0.717) is 43.2 Å². The van der Waals surface area contributed by atoms with Crippen LogP contribution in [-0.2, 0) is 16.1 Å². The summed E-state index contributed by atoms with van der Waals surface area (Å²) in [5.74, 6) is -1.42. The lowest BCUT2D eigenvalue weighted by atomic mass is 9.88. The van der Waals surface area contributed by atoms with Gasteiger partial charge in [-0.1, -0.05) is 11.6 Å². The van der Waals surface area contributed by atoms with Gasteiger partial charge in [-0.2, -0.15) is 5.26 Å². The molecule has 4 heterocycles. The number of pyridine rings is 2. The standard InChI is InChI=1S/C28H30ClFN8O3/c1-41-25-7-19(21(30)12-35-25)22(32)8-23(33)27(40)38-5-2-17(9-28(38)3-4-28)26(39)36-13-24-20(29)6-18(11-34-24)37-14-16(10-31)15-37/h6-8,11-12,16-17,32H,2-5,9,13-15,33H2,1H3,(H,36,39)/b23-8-,32-22?/t17-/m0/s1. The Morgan fingerprint density at radius 2 is 2.10 bits per heavy atom. The number of nitriles is 1. The number of ether oxygens (including phenoxy) is 1. The highest BCUT2D eigenvalue weighted by atomic mass is 35.5. The maximum atomic E-state index is 14.2. The Labute approximate surface area is 241 Å². The summed E-state index contributed by atoms with van der Waals surface area (Å²) in [5.41, 5.74) is 6.49. The SMILES string of the molecule is COc1cc(C(=N)/C=C(\N)C(=O)N2CC[C@H](C(=O)NCc3ncc(N4CC(C#N)C4)cc3Cl)CC23CC3)c(F)cn1. The molecule has 214 valence electrons. The molecule has 41 heavy (non-hydrogen) atoms. The zero-order valence-corrected chi connectivity index (χ0v) is 23.2. The zero-order chi connectivity index (χ0) is 29.3. The minimum atomic E-state index is -0.727. The number of hydrogen-bond acceptors (Lipinski definition) is 9. The summed E-state index contributed by atoms with van der Waals surface area (Å²) >= 11 is 6.42. The fraction of sp³-hybridized carbons (Fsp3) is 0.429. The predicted molar refractivity (Wildman–Crippen MR) is 149 cm³/mol. The van der Waals surface area contributed by atoms with Crippen LogP contribution in [0.4, 0.5) is 10.1 Å². The van der Waals surface area contributed by atoms with Crippen LogP contribution in [0.3, 0.4) is 0 Å². The van der Waals surface area contributed by atoms with Crippen LogP contribution < -0.4 is 20.7 Å². The van der Waals surface area contributed by atoms with E-state index < -0.39 is 17.3 Å². The normalized spacial score (nSPS) is 19.8. The number of nitrogens with zero attached hydrogens (tertiary/aromatic N) is 5. The van der Waals surface area contributed by atoms with Gasteiger partial charge >= 0.3 is 0 Å². The van der Waals surface area contributed by atoms with E-state index in [-0.39, 0.29) is 47.1 Å². The van der Waals surface area contributed by atoms with Crippen molar-refractivity contribution in [3.8, 4) is 11.9 Å². The largest absolute Gasteiger partial charge is 0.481 e. The molecule has 13 heteroatoms. The van der Waals surface area contributed by atoms with Crippen LogP contribution in [0.2, 0.25) is 5.02 Å². The number of nitrogens with two attached hydrogens (primary N) is 1. The highest BCUT2D eigenvalue weighted by Gasteiger charge is 2.54. The first-order chi connectivity index (χ1) is 19.6. The van der Waals surface area contributed by atoms with Gasteiger partial charge < -0.3 is 31.0 Å². The number of carbonyl (C=O) groups excluding carboxylic acids is 2. The average molecular weight is 581 g/mol. The first kappa shape index (κ1) is 28.3. The minimum Gasteiger partial charge on any atom is -0.481 e. The molecule has 2 saturated heterocycles. The van der Waals surface area contributed by atoms with Gasteiger partial charge in [0, 0.05) is 42.7 Å². The van der Waals surface area contributed by atoms with Crippen molar-refractivity contribution >= 4 is 34.8 Å². The molecule has 4 N–H and O–H groups in total. The number of amides is 2. The van der Waals surface area contributed by atoms with Gasteiger partial charge in [-0.05, 0) is 37.8 Å². The minimum absolute atomic E-state index is 0.0198. The molecule has 2 amide bonds.